The maximum absolute atomic E-state index is 11.3. The maximum Gasteiger partial charge on any atom is 0.220 e. The highest BCUT2D eigenvalue weighted by molar-refractivity contribution is 5.88. The topological polar surface area (TPSA) is 46.2 Å². The van der Waals surface area contributed by atoms with Crippen LogP contribution in [0.1, 0.15) is 71.1 Å². The van der Waals surface area contributed by atoms with E-state index >= 15 is 0 Å². The number of amides is 1. The highest BCUT2D eigenvalue weighted by Crippen LogP contribution is 2.10. The SMILES string of the molecule is [CH2]C(=O)CNC(=O)CCCCCCCCCCC. The van der Waals surface area contributed by atoms with Gasteiger partial charge in [-0.1, -0.05) is 58.3 Å². The molecule has 0 heterocycles. The van der Waals surface area contributed by atoms with Crippen molar-refractivity contribution < 1.29 is 9.59 Å². The summed E-state index contributed by atoms with van der Waals surface area (Å²) in [5, 5.41) is 2.56. The Hall–Kier alpha value is -0.860. The summed E-state index contributed by atoms with van der Waals surface area (Å²) in [5.41, 5.74) is 0. The fraction of sp³-hybridized carbons (Fsp3) is 0.800. The molecule has 0 atom stereocenters. The van der Waals surface area contributed by atoms with E-state index in [9.17, 15) is 9.59 Å². The molecule has 3 heteroatoms. The lowest BCUT2D eigenvalue weighted by atomic mass is 10.1. The number of carbonyl (C=O) groups excluding carboxylic acids is 2. The Balaban J connectivity index is 3.15. The molecule has 0 rings (SSSR count). The van der Waals surface area contributed by atoms with Gasteiger partial charge in [-0.25, -0.2) is 0 Å². The van der Waals surface area contributed by atoms with Crippen LogP contribution in [0.5, 0.6) is 0 Å². The summed E-state index contributed by atoms with van der Waals surface area (Å²) in [5.74, 6) is -0.273. The Bertz CT molecular complexity index is 227. The molecule has 1 radical (unpaired) electrons. The van der Waals surface area contributed by atoms with E-state index in [1.54, 1.807) is 0 Å². The van der Waals surface area contributed by atoms with Gasteiger partial charge in [0.1, 0.15) is 0 Å². The Morgan fingerprint density at radius 3 is 1.89 bits per heavy atom. The standard InChI is InChI=1S/C15H28NO2/c1-3-4-5-6-7-8-9-10-11-12-15(18)16-13-14(2)17/h2-13H2,1H3,(H,16,18). The minimum absolute atomic E-state index is 0.0325. The predicted molar refractivity (Wildman–Crippen MR) is 75.2 cm³/mol. The van der Waals surface area contributed by atoms with E-state index in [0.29, 0.717) is 6.42 Å². The first kappa shape index (κ1) is 17.1. The molecule has 0 aliphatic rings. The summed E-state index contributed by atoms with van der Waals surface area (Å²) in [6.07, 6.45) is 11.7. The lowest BCUT2D eigenvalue weighted by Crippen LogP contribution is -2.27. The Morgan fingerprint density at radius 1 is 0.889 bits per heavy atom. The molecule has 0 aliphatic carbocycles. The van der Waals surface area contributed by atoms with Crippen LogP contribution in [-0.4, -0.2) is 18.2 Å². The molecule has 18 heavy (non-hydrogen) atoms. The number of unbranched alkanes of at least 4 members (excludes halogenated alkanes) is 8. The smallest absolute Gasteiger partial charge is 0.220 e. The van der Waals surface area contributed by atoms with Gasteiger partial charge in [0.15, 0.2) is 5.78 Å². The molecule has 0 aromatic carbocycles. The molecule has 0 spiro atoms. The summed E-state index contributed by atoms with van der Waals surface area (Å²) in [4.78, 5) is 21.8. The van der Waals surface area contributed by atoms with Crippen molar-refractivity contribution in [3.63, 3.8) is 0 Å². The quantitative estimate of drug-likeness (QED) is 0.542. The van der Waals surface area contributed by atoms with Gasteiger partial charge in [0.2, 0.25) is 5.91 Å². The van der Waals surface area contributed by atoms with E-state index in [4.69, 9.17) is 0 Å². The van der Waals surface area contributed by atoms with Crippen molar-refractivity contribution in [3.8, 4) is 0 Å². The molecule has 0 aromatic rings. The summed E-state index contributed by atoms with van der Waals surface area (Å²) in [6.45, 7) is 5.50. The van der Waals surface area contributed by atoms with Gasteiger partial charge in [0.05, 0.1) is 6.54 Å². The van der Waals surface area contributed by atoms with E-state index in [-0.39, 0.29) is 18.2 Å². The molecular formula is C15H28NO2. The minimum atomic E-state index is -0.240. The van der Waals surface area contributed by atoms with Gasteiger partial charge in [-0.2, -0.15) is 0 Å². The van der Waals surface area contributed by atoms with Crippen LogP contribution < -0.4 is 5.32 Å². The first-order chi connectivity index (χ1) is 8.66. The Kier molecular flexibility index (Phi) is 12.0. The van der Waals surface area contributed by atoms with E-state index in [0.717, 1.165) is 12.8 Å². The number of Topliss-reactive ketones (excluding diaryl/α,β-unsaturated/α-hetero) is 1. The molecule has 0 fully saturated rings. The monoisotopic (exact) mass is 254 g/mol. The van der Waals surface area contributed by atoms with Gasteiger partial charge in [-0.3, -0.25) is 9.59 Å². The average Bonchev–Trinajstić information content (AvgIpc) is 2.34. The van der Waals surface area contributed by atoms with Gasteiger partial charge in [0.25, 0.3) is 0 Å². The number of hydrogen-bond donors (Lipinski definition) is 1. The number of hydrogen-bond acceptors (Lipinski definition) is 2. The number of nitrogens with one attached hydrogen (secondary N) is 1. The van der Waals surface area contributed by atoms with Crippen LogP contribution in [0.15, 0.2) is 0 Å². The molecule has 3 nitrogen and oxygen atoms in total. The fourth-order valence-electron chi connectivity index (χ4n) is 1.88. The number of carbonyl (C=O) groups is 2. The van der Waals surface area contributed by atoms with Crippen molar-refractivity contribution in [2.75, 3.05) is 6.54 Å². The number of rotatable bonds is 12. The highest BCUT2D eigenvalue weighted by Gasteiger charge is 2.01. The van der Waals surface area contributed by atoms with Crippen LogP contribution in [0.4, 0.5) is 0 Å². The molecule has 0 unspecified atom stereocenters. The van der Waals surface area contributed by atoms with Crippen molar-refractivity contribution in [2.45, 2.75) is 71.1 Å². The van der Waals surface area contributed by atoms with E-state index in [2.05, 4.69) is 19.2 Å². The maximum atomic E-state index is 11.3. The molecular weight excluding hydrogens is 226 g/mol. The zero-order valence-corrected chi connectivity index (χ0v) is 11.8. The Morgan fingerprint density at radius 2 is 1.39 bits per heavy atom. The second kappa shape index (κ2) is 12.6. The second-order valence-corrected chi connectivity index (χ2v) is 4.89. The second-order valence-electron chi connectivity index (χ2n) is 4.89. The lowest BCUT2D eigenvalue weighted by Gasteiger charge is -2.03. The normalized spacial score (nSPS) is 10.3. The molecule has 0 saturated heterocycles. The molecule has 0 bridgehead atoms. The van der Waals surface area contributed by atoms with Crippen LogP contribution >= 0.6 is 0 Å². The molecule has 0 aromatic heterocycles. The summed E-state index contributed by atoms with van der Waals surface area (Å²) in [7, 11) is 0. The first-order valence-electron chi connectivity index (χ1n) is 7.28. The zero-order chi connectivity index (χ0) is 13.6. The van der Waals surface area contributed by atoms with Gasteiger partial charge in [0, 0.05) is 13.3 Å². The van der Waals surface area contributed by atoms with Gasteiger partial charge < -0.3 is 5.32 Å². The van der Waals surface area contributed by atoms with E-state index in [1.165, 1.54) is 44.9 Å². The zero-order valence-electron chi connectivity index (χ0n) is 11.8. The molecule has 1 amide bonds. The van der Waals surface area contributed by atoms with Crippen LogP contribution in [0.3, 0.4) is 0 Å². The van der Waals surface area contributed by atoms with Crippen molar-refractivity contribution >= 4 is 11.7 Å². The third-order valence-corrected chi connectivity index (χ3v) is 2.99. The third-order valence-electron chi connectivity index (χ3n) is 2.99. The molecule has 0 aliphatic heterocycles. The fourth-order valence-corrected chi connectivity index (χ4v) is 1.88. The molecule has 105 valence electrons. The van der Waals surface area contributed by atoms with Crippen LogP contribution in [0.2, 0.25) is 0 Å². The third kappa shape index (κ3) is 13.2. The van der Waals surface area contributed by atoms with Gasteiger partial charge >= 0.3 is 0 Å². The molecule has 1 N–H and O–H groups in total. The van der Waals surface area contributed by atoms with E-state index < -0.39 is 0 Å². The van der Waals surface area contributed by atoms with Crippen LogP contribution in [0.25, 0.3) is 0 Å². The minimum Gasteiger partial charge on any atom is -0.349 e. The predicted octanol–water partition coefficient (Wildman–Crippen LogP) is 3.43. The highest BCUT2D eigenvalue weighted by atomic mass is 16.2. The van der Waals surface area contributed by atoms with Crippen LogP contribution in [-0.2, 0) is 9.59 Å². The van der Waals surface area contributed by atoms with Crippen molar-refractivity contribution in [3.05, 3.63) is 6.92 Å². The van der Waals surface area contributed by atoms with Crippen LogP contribution in [0, 0.1) is 6.92 Å². The van der Waals surface area contributed by atoms with Gasteiger partial charge in [-0.15, -0.1) is 0 Å². The van der Waals surface area contributed by atoms with E-state index in [1.807, 2.05) is 0 Å². The van der Waals surface area contributed by atoms with Gasteiger partial charge in [-0.05, 0) is 6.42 Å². The number of ketones is 1. The lowest BCUT2D eigenvalue weighted by molar-refractivity contribution is -0.123. The van der Waals surface area contributed by atoms with Crippen molar-refractivity contribution in [1.82, 2.24) is 5.32 Å². The largest absolute Gasteiger partial charge is 0.349 e. The summed E-state index contributed by atoms with van der Waals surface area (Å²) in [6, 6.07) is 0. The first-order valence-corrected chi connectivity index (χ1v) is 7.28. The average molecular weight is 254 g/mol. The summed E-state index contributed by atoms with van der Waals surface area (Å²) < 4.78 is 0. The molecule has 0 saturated carbocycles. The Labute approximate surface area is 112 Å². The summed E-state index contributed by atoms with van der Waals surface area (Å²) >= 11 is 0. The van der Waals surface area contributed by atoms with Crippen molar-refractivity contribution in [2.24, 2.45) is 0 Å². The van der Waals surface area contributed by atoms with Crippen molar-refractivity contribution in [1.29, 1.82) is 0 Å².